The number of nitrogens with zero attached hydrogens (tertiary/aromatic N) is 4. The summed E-state index contributed by atoms with van der Waals surface area (Å²) in [5, 5.41) is 13.7. The lowest BCUT2D eigenvalue weighted by Gasteiger charge is -2.47. The van der Waals surface area contributed by atoms with E-state index in [1.807, 2.05) is 25.1 Å². The van der Waals surface area contributed by atoms with Crippen LogP contribution in [0.3, 0.4) is 0 Å². The molecule has 3 fully saturated rings. The number of carboxylic acids is 1. The van der Waals surface area contributed by atoms with Crippen molar-refractivity contribution < 1.29 is 27.4 Å². The van der Waals surface area contributed by atoms with Gasteiger partial charge in [0.15, 0.2) is 11.5 Å². The van der Waals surface area contributed by atoms with E-state index in [0.29, 0.717) is 11.6 Å². The molecule has 3 heterocycles. The second-order valence-electron chi connectivity index (χ2n) is 11.7. The van der Waals surface area contributed by atoms with E-state index in [2.05, 4.69) is 15.3 Å². The number of nitrogens with one attached hydrogen (secondary N) is 1. The number of ether oxygens (including phenoxy) is 1. The summed E-state index contributed by atoms with van der Waals surface area (Å²) in [7, 11) is -4.13. The highest BCUT2D eigenvalue weighted by atomic mass is 32.2. The smallest absolute Gasteiger partial charge is 0.308 e. The van der Waals surface area contributed by atoms with Crippen molar-refractivity contribution in [2.24, 2.45) is 17.8 Å². The molecule has 2 unspecified atom stereocenters. The van der Waals surface area contributed by atoms with Gasteiger partial charge in [0.05, 0.1) is 17.0 Å². The van der Waals surface area contributed by atoms with Gasteiger partial charge in [-0.3, -0.25) is 4.79 Å². The Balaban J connectivity index is 1.37. The van der Waals surface area contributed by atoms with Crippen molar-refractivity contribution in [2.45, 2.75) is 43.5 Å². The molecule has 5 aromatic rings. The van der Waals surface area contributed by atoms with Crippen molar-refractivity contribution in [3.8, 4) is 23.0 Å². The number of hydrogen-bond acceptors (Lipinski definition) is 8. The zero-order valence-electron chi connectivity index (χ0n) is 24.3. The Hall–Kier alpha value is -4.84. The fourth-order valence-electron chi connectivity index (χ4n) is 6.70. The summed E-state index contributed by atoms with van der Waals surface area (Å²) >= 11 is 0. The van der Waals surface area contributed by atoms with E-state index in [9.17, 15) is 22.7 Å². The third-order valence-electron chi connectivity index (χ3n) is 8.88. The predicted molar refractivity (Wildman–Crippen MR) is 165 cm³/mol. The van der Waals surface area contributed by atoms with Crippen molar-refractivity contribution >= 4 is 32.8 Å². The van der Waals surface area contributed by atoms with Gasteiger partial charge in [0.25, 0.3) is 10.0 Å². The normalized spacial score (nSPS) is 21.1. The van der Waals surface area contributed by atoms with Gasteiger partial charge in [0.1, 0.15) is 17.4 Å². The minimum absolute atomic E-state index is 0.00926. The molecule has 3 saturated carbocycles. The molecule has 2 atom stereocenters. The van der Waals surface area contributed by atoms with Crippen LogP contribution in [-0.2, 0) is 14.8 Å². The number of para-hydroxylation sites is 1. The number of aliphatic carboxylic acids is 1. The fourth-order valence-corrected chi connectivity index (χ4v) is 8.03. The lowest BCUT2D eigenvalue weighted by Crippen LogP contribution is -2.51. The maximum atomic E-state index is 14.6. The summed E-state index contributed by atoms with van der Waals surface area (Å²) in [5.41, 5.74) is 1.12. The number of carbonyl (C=O) groups is 1. The standard InChI is InChI=1S/C33H30FN5O5S/c1-19-7-13-24(14-8-19)45(42,43)39-18-26(25-15-22(34)17-35-32(25)39)31-37-27(16-28(38-31)44-23-5-3-2-4-6-23)36-30-21-11-9-20(10-12-21)29(30)33(40)41/h2-8,13-18,20-21,29-30H,9-12H2,1H3,(H,40,41)(H,36,37,38). The van der Waals surface area contributed by atoms with E-state index >= 15 is 0 Å². The maximum Gasteiger partial charge on any atom is 0.308 e. The first-order valence-corrected chi connectivity index (χ1v) is 16.2. The molecule has 3 aliphatic rings. The largest absolute Gasteiger partial charge is 0.481 e. The Morgan fingerprint density at radius 3 is 2.42 bits per heavy atom. The van der Waals surface area contributed by atoms with Gasteiger partial charge in [-0.15, -0.1) is 0 Å². The molecule has 3 aromatic heterocycles. The monoisotopic (exact) mass is 627 g/mol. The van der Waals surface area contributed by atoms with Crippen LogP contribution in [0.2, 0.25) is 0 Å². The molecular formula is C33H30FN5O5S. The van der Waals surface area contributed by atoms with Crippen molar-refractivity contribution in [1.29, 1.82) is 0 Å². The molecule has 0 radical (unpaired) electrons. The third kappa shape index (κ3) is 5.39. The van der Waals surface area contributed by atoms with Gasteiger partial charge < -0.3 is 15.2 Å². The second kappa shape index (κ2) is 11.3. The molecule has 10 nitrogen and oxygen atoms in total. The number of rotatable bonds is 8. The van der Waals surface area contributed by atoms with Crippen LogP contribution in [0, 0.1) is 30.5 Å². The molecule has 0 spiro atoms. The van der Waals surface area contributed by atoms with Gasteiger partial charge in [0, 0.05) is 29.3 Å². The number of aryl methyl sites for hydroxylation is 1. The van der Waals surface area contributed by atoms with Crippen molar-refractivity contribution in [1.82, 2.24) is 18.9 Å². The minimum atomic E-state index is -4.13. The molecule has 230 valence electrons. The van der Waals surface area contributed by atoms with E-state index in [0.717, 1.165) is 41.4 Å². The van der Waals surface area contributed by atoms with Crippen LogP contribution in [-0.4, -0.2) is 44.5 Å². The van der Waals surface area contributed by atoms with Crippen LogP contribution in [0.25, 0.3) is 22.4 Å². The summed E-state index contributed by atoms with van der Waals surface area (Å²) in [6, 6.07) is 17.8. The summed E-state index contributed by atoms with van der Waals surface area (Å²) in [5.74, 6) is -0.809. The van der Waals surface area contributed by atoms with Gasteiger partial charge in [-0.2, -0.15) is 4.98 Å². The number of pyridine rings is 1. The van der Waals surface area contributed by atoms with E-state index in [4.69, 9.17) is 9.72 Å². The average Bonchev–Trinajstić information content (AvgIpc) is 3.42. The second-order valence-corrected chi connectivity index (χ2v) is 13.5. The van der Waals surface area contributed by atoms with Gasteiger partial charge in [0.2, 0.25) is 5.88 Å². The van der Waals surface area contributed by atoms with Crippen molar-refractivity contribution in [2.75, 3.05) is 5.32 Å². The van der Waals surface area contributed by atoms with E-state index in [-0.39, 0.29) is 51.1 Å². The first-order chi connectivity index (χ1) is 21.7. The minimum Gasteiger partial charge on any atom is -0.481 e. The number of fused-ring (bicyclic) bond motifs is 4. The van der Waals surface area contributed by atoms with Crippen LogP contribution >= 0.6 is 0 Å². The SMILES string of the molecule is Cc1ccc(S(=O)(=O)n2cc(-c3nc(NC4C5CCC(CC5)C4C(=O)O)cc(Oc4ccccc4)n3)c3cc(F)cnc32)cc1. The molecular weight excluding hydrogens is 597 g/mol. The molecule has 0 amide bonds. The highest BCUT2D eigenvalue weighted by Crippen LogP contribution is 2.46. The Kier molecular flexibility index (Phi) is 7.23. The Labute approximate surface area is 259 Å². The van der Waals surface area contributed by atoms with Crippen molar-refractivity contribution in [3.05, 3.63) is 90.5 Å². The zero-order chi connectivity index (χ0) is 31.3. The number of carboxylic acid groups (broad SMARTS) is 1. The van der Waals surface area contributed by atoms with Crippen LogP contribution in [0.1, 0.15) is 31.2 Å². The van der Waals surface area contributed by atoms with Crippen LogP contribution in [0.5, 0.6) is 11.6 Å². The average molecular weight is 628 g/mol. The lowest BCUT2D eigenvalue weighted by atomic mass is 9.61. The van der Waals surface area contributed by atoms with Crippen LogP contribution in [0.15, 0.2) is 84.0 Å². The third-order valence-corrected chi connectivity index (χ3v) is 10.5. The molecule has 45 heavy (non-hydrogen) atoms. The maximum absolute atomic E-state index is 14.6. The van der Waals surface area contributed by atoms with Gasteiger partial charge >= 0.3 is 5.97 Å². The number of halogens is 1. The molecule has 8 rings (SSSR count). The quantitative estimate of drug-likeness (QED) is 0.204. The van der Waals surface area contributed by atoms with Gasteiger partial charge in [-0.25, -0.2) is 26.7 Å². The number of anilines is 1. The summed E-state index contributed by atoms with van der Waals surface area (Å²) in [6.07, 6.45) is 5.90. The summed E-state index contributed by atoms with van der Waals surface area (Å²) in [4.78, 5) is 25.9. The summed E-state index contributed by atoms with van der Waals surface area (Å²) in [6.45, 7) is 1.86. The summed E-state index contributed by atoms with van der Waals surface area (Å²) < 4.78 is 49.3. The number of aromatic nitrogens is 4. The number of benzene rings is 2. The van der Waals surface area contributed by atoms with Gasteiger partial charge in [-0.05, 0) is 74.8 Å². The van der Waals surface area contributed by atoms with Crippen molar-refractivity contribution in [3.63, 3.8) is 0 Å². The zero-order valence-corrected chi connectivity index (χ0v) is 25.1. The predicted octanol–water partition coefficient (Wildman–Crippen LogP) is 6.27. The fraction of sp³-hybridized carbons (Fsp3) is 0.273. The first-order valence-electron chi connectivity index (χ1n) is 14.8. The molecule has 12 heteroatoms. The molecule has 2 bridgehead atoms. The Morgan fingerprint density at radius 1 is 1.00 bits per heavy atom. The Bertz CT molecular complexity index is 2010. The molecule has 3 aliphatic carbocycles. The van der Waals surface area contributed by atoms with E-state index in [1.54, 1.807) is 30.3 Å². The molecule has 0 aliphatic heterocycles. The van der Waals surface area contributed by atoms with E-state index in [1.165, 1.54) is 24.4 Å². The molecule has 2 N–H and O–H groups in total. The highest BCUT2D eigenvalue weighted by molar-refractivity contribution is 7.90. The Morgan fingerprint density at radius 2 is 1.71 bits per heavy atom. The molecule has 2 aromatic carbocycles. The first kappa shape index (κ1) is 28.9. The topological polar surface area (TPSA) is 136 Å². The molecule has 0 saturated heterocycles. The lowest BCUT2D eigenvalue weighted by molar-refractivity contribution is -0.148. The van der Waals surface area contributed by atoms with Crippen LogP contribution in [0.4, 0.5) is 10.2 Å². The van der Waals surface area contributed by atoms with Gasteiger partial charge in [-0.1, -0.05) is 35.9 Å². The number of hydrogen-bond donors (Lipinski definition) is 2. The van der Waals surface area contributed by atoms with Crippen LogP contribution < -0.4 is 10.1 Å². The highest BCUT2D eigenvalue weighted by Gasteiger charge is 2.47. The van der Waals surface area contributed by atoms with E-state index < -0.39 is 27.7 Å².